The summed E-state index contributed by atoms with van der Waals surface area (Å²) in [6.07, 6.45) is 5.42. The molecular weight excluding hydrogens is 293 g/mol. The Balaban J connectivity index is 1.92. The SMILES string of the molecule is Nc1ccc(C(=O)N2CCCCC[C@@H]2c2cccc(F)c2)cn1. The molecule has 1 atom stereocenters. The van der Waals surface area contributed by atoms with Crippen molar-refractivity contribution in [1.82, 2.24) is 9.88 Å². The molecule has 3 rings (SSSR count). The molecule has 1 aliphatic heterocycles. The van der Waals surface area contributed by atoms with E-state index in [2.05, 4.69) is 4.98 Å². The van der Waals surface area contributed by atoms with E-state index in [-0.39, 0.29) is 17.8 Å². The summed E-state index contributed by atoms with van der Waals surface area (Å²) < 4.78 is 13.6. The Kier molecular flexibility index (Phi) is 4.55. The second-order valence-electron chi connectivity index (χ2n) is 5.89. The van der Waals surface area contributed by atoms with Crippen LogP contribution in [0.4, 0.5) is 10.2 Å². The van der Waals surface area contributed by atoms with Crippen LogP contribution in [-0.2, 0) is 0 Å². The first-order valence-corrected chi connectivity index (χ1v) is 7.93. The summed E-state index contributed by atoms with van der Waals surface area (Å²) in [5, 5.41) is 0. The summed E-state index contributed by atoms with van der Waals surface area (Å²) in [6, 6.07) is 9.76. The molecule has 23 heavy (non-hydrogen) atoms. The number of rotatable bonds is 2. The van der Waals surface area contributed by atoms with E-state index in [4.69, 9.17) is 5.73 Å². The number of nitrogen functional groups attached to an aromatic ring is 1. The van der Waals surface area contributed by atoms with Gasteiger partial charge in [0.05, 0.1) is 11.6 Å². The Labute approximate surface area is 135 Å². The second kappa shape index (κ2) is 6.77. The van der Waals surface area contributed by atoms with Crippen molar-refractivity contribution in [2.45, 2.75) is 31.7 Å². The molecule has 0 spiro atoms. The topological polar surface area (TPSA) is 59.2 Å². The number of anilines is 1. The lowest BCUT2D eigenvalue weighted by atomic mass is 10.00. The van der Waals surface area contributed by atoms with E-state index in [9.17, 15) is 9.18 Å². The lowest BCUT2D eigenvalue weighted by molar-refractivity contribution is 0.0680. The predicted molar refractivity (Wildman–Crippen MR) is 87.3 cm³/mol. The van der Waals surface area contributed by atoms with Crippen LogP contribution in [0, 0.1) is 5.82 Å². The van der Waals surface area contributed by atoms with Gasteiger partial charge in [0.15, 0.2) is 0 Å². The lowest BCUT2D eigenvalue weighted by Gasteiger charge is -2.30. The number of hydrogen-bond acceptors (Lipinski definition) is 3. The van der Waals surface area contributed by atoms with Crippen LogP contribution in [0.15, 0.2) is 42.6 Å². The summed E-state index contributed by atoms with van der Waals surface area (Å²) >= 11 is 0. The fourth-order valence-corrected chi connectivity index (χ4v) is 3.11. The lowest BCUT2D eigenvalue weighted by Crippen LogP contribution is -2.35. The van der Waals surface area contributed by atoms with Gasteiger partial charge in [0.2, 0.25) is 0 Å². The van der Waals surface area contributed by atoms with Gasteiger partial charge in [0, 0.05) is 12.7 Å². The Morgan fingerprint density at radius 3 is 2.83 bits per heavy atom. The molecule has 1 amide bonds. The molecule has 120 valence electrons. The number of aromatic nitrogens is 1. The van der Waals surface area contributed by atoms with Gasteiger partial charge < -0.3 is 10.6 Å². The highest BCUT2D eigenvalue weighted by atomic mass is 19.1. The van der Waals surface area contributed by atoms with Crippen LogP contribution < -0.4 is 5.73 Å². The molecule has 0 unspecified atom stereocenters. The maximum Gasteiger partial charge on any atom is 0.255 e. The molecule has 2 heterocycles. The van der Waals surface area contributed by atoms with Gasteiger partial charge in [0.1, 0.15) is 11.6 Å². The minimum atomic E-state index is -0.270. The molecule has 4 nitrogen and oxygen atoms in total. The number of hydrogen-bond donors (Lipinski definition) is 1. The minimum Gasteiger partial charge on any atom is -0.384 e. The van der Waals surface area contributed by atoms with Gasteiger partial charge in [-0.05, 0) is 42.7 Å². The number of nitrogens with zero attached hydrogens (tertiary/aromatic N) is 2. The fraction of sp³-hybridized carbons (Fsp3) is 0.333. The Bertz CT molecular complexity index is 687. The smallest absolute Gasteiger partial charge is 0.255 e. The van der Waals surface area contributed by atoms with Crippen LogP contribution in [-0.4, -0.2) is 22.3 Å². The Morgan fingerprint density at radius 2 is 2.09 bits per heavy atom. The molecule has 1 saturated heterocycles. The van der Waals surface area contributed by atoms with Gasteiger partial charge in [-0.2, -0.15) is 0 Å². The van der Waals surface area contributed by atoms with Crippen molar-refractivity contribution < 1.29 is 9.18 Å². The Hall–Kier alpha value is -2.43. The quantitative estimate of drug-likeness (QED) is 0.922. The van der Waals surface area contributed by atoms with Gasteiger partial charge in [-0.3, -0.25) is 4.79 Å². The number of carbonyl (C=O) groups is 1. The average molecular weight is 313 g/mol. The standard InChI is InChI=1S/C18H20FN3O/c19-15-6-4-5-13(11-15)16-7-2-1-3-10-22(16)18(23)14-8-9-17(20)21-12-14/h4-6,8-9,11-12,16H,1-3,7,10H2,(H2,20,21)/t16-/m1/s1. The highest BCUT2D eigenvalue weighted by Crippen LogP contribution is 2.31. The third-order valence-corrected chi connectivity index (χ3v) is 4.28. The summed E-state index contributed by atoms with van der Waals surface area (Å²) in [6.45, 7) is 0.671. The highest BCUT2D eigenvalue weighted by Gasteiger charge is 2.27. The molecule has 1 aliphatic rings. The van der Waals surface area contributed by atoms with Gasteiger partial charge in [-0.15, -0.1) is 0 Å². The fourth-order valence-electron chi connectivity index (χ4n) is 3.11. The second-order valence-corrected chi connectivity index (χ2v) is 5.89. The van der Waals surface area contributed by atoms with Crippen molar-refractivity contribution in [3.05, 3.63) is 59.5 Å². The van der Waals surface area contributed by atoms with E-state index in [1.54, 1.807) is 18.2 Å². The molecule has 1 aromatic heterocycles. The van der Waals surface area contributed by atoms with Crippen LogP contribution in [0.2, 0.25) is 0 Å². The predicted octanol–water partition coefficient (Wildman–Crippen LogP) is 3.56. The zero-order valence-corrected chi connectivity index (χ0v) is 12.9. The van der Waals surface area contributed by atoms with Gasteiger partial charge in [-0.25, -0.2) is 9.37 Å². The molecule has 2 aromatic rings. The van der Waals surface area contributed by atoms with E-state index in [1.165, 1.54) is 18.3 Å². The van der Waals surface area contributed by atoms with E-state index < -0.39 is 0 Å². The Morgan fingerprint density at radius 1 is 1.22 bits per heavy atom. The van der Waals surface area contributed by atoms with Gasteiger partial charge >= 0.3 is 0 Å². The summed E-state index contributed by atoms with van der Waals surface area (Å²) in [4.78, 5) is 18.7. The summed E-state index contributed by atoms with van der Waals surface area (Å²) in [5.41, 5.74) is 6.95. The van der Waals surface area contributed by atoms with Gasteiger partial charge in [0.25, 0.3) is 5.91 Å². The van der Waals surface area contributed by atoms with Crippen LogP contribution in [0.5, 0.6) is 0 Å². The number of amides is 1. The van der Waals surface area contributed by atoms with Crippen LogP contribution in [0.1, 0.15) is 47.6 Å². The van der Waals surface area contributed by atoms with E-state index in [0.717, 1.165) is 31.2 Å². The van der Waals surface area contributed by atoms with Crippen molar-refractivity contribution in [3.63, 3.8) is 0 Å². The zero-order valence-electron chi connectivity index (χ0n) is 12.9. The van der Waals surface area contributed by atoms with E-state index in [0.29, 0.717) is 17.9 Å². The first-order chi connectivity index (χ1) is 11.1. The molecule has 0 bridgehead atoms. The first kappa shape index (κ1) is 15.5. The highest BCUT2D eigenvalue weighted by molar-refractivity contribution is 5.94. The number of benzene rings is 1. The molecule has 5 heteroatoms. The maximum atomic E-state index is 13.6. The van der Waals surface area contributed by atoms with E-state index in [1.807, 2.05) is 11.0 Å². The largest absolute Gasteiger partial charge is 0.384 e. The molecule has 0 radical (unpaired) electrons. The first-order valence-electron chi connectivity index (χ1n) is 7.93. The van der Waals surface area contributed by atoms with Crippen molar-refractivity contribution in [1.29, 1.82) is 0 Å². The number of carbonyl (C=O) groups excluding carboxylic acids is 1. The number of halogens is 1. The van der Waals surface area contributed by atoms with Crippen molar-refractivity contribution in [2.75, 3.05) is 12.3 Å². The third-order valence-electron chi connectivity index (χ3n) is 4.28. The minimum absolute atomic E-state index is 0.0753. The van der Waals surface area contributed by atoms with Gasteiger partial charge in [-0.1, -0.05) is 25.0 Å². The number of nitrogens with two attached hydrogens (primary N) is 1. The van der Waals surface area contributed by atoms with Crippen molar-refractivity contribution in [2.24, 2.45) is 0 Å². The number of likely N-dealkylation sites (tertiary alicyclic amines) is 1. The monoisotopic (exact) mass is 313 g/mol. The molecular formula is C18H20FN3O. The van der Waals surface area contributed by atoms with Crippen molar-refractivity contribution >= 4 is 11.7 Å². The maximum absolute atomic E-state index is 13.6. The van der Waals surface area contributed by atoms with Crippen LogP contribution in [0.3, 0.4) is 0 Å². The van der Waals surface area contributed by atoms with E-state index >= 15 is 0 Å². The molecule has 0 saturated carbocycles. The molecule has 1 aromatic carbocycles. The third kappa shape index (κ3) is 3.50. The molecule has 0 aliphatic carbocycles. The van der Waals surface area contributed by atoms with Crippen LogP contribution >= 0.6 is 0 Å². The number of pyridine rings is 1. The van der Waals surface area contributed by atoms with Crippen molar-refractivity contribution in [3.8, 4) is 0 Å². The molecule has 1 fully saturated rings. The zero-order chi connectivity index (χ0) is 16.2. The average Bonchev–Trinajstić information content (AvgIpc) is 2.81. The van der Waals surface area contributed by atoms with Crippen LogP contribution in [0.25, 0.3) is 0 Å². The summed E-state index contributed by atoms with van der Waals surface area (Å²) in [7, 11) is 0. The normalized spacial score (nSPS) is 18.5. The molecule has 2 N–H and O–H groups in total. The summed E-state index contributed by atoms with van der Waals surface area (Å²) in [5.74, 6) is 0.0426.